The van der Waals surface area contributed by atoms with E-state index in [0.717, 1.165) is 42.5 Å². The van der Waals surface area contributed by atoms with Gasteiger partial charge in [0.1, 0.15) is 6.04 Å². The van der Waals surface area contributed by atoms with Gasteiger partial charge in [0.15, 0.2) is 0 Å². The Balaban J connectivity index is 1.32. The molecule has 186 valence electrons. The molecule has 2 aromatic rings. The topological polar surface area (TPSA) is 112 Å². The lowest BCUT2D eigenvalue weighted by Gasteiger charge is -2.26. The third kappa shape index (κ3) is 6.47. The van der Waals surface area contributed by atoms with E-state index in [1.165, 1.54) is 4.31 Å². The highest BCUT2D eigenvalue weighted by Crippen LogP contribution is 2.24. The number of benzene rings is 2. The van der Waals surface area contributed by atoms with Crippen molar-refractivity contribution in [3.05, 3.63) is 54.1 Å². The van der Waals surface area contributed by atoms with Crippen LogP contribution in [0.25, 0.3) is 11.1 Å². The number of amides is 1. The number of rotatable bonds is 8. The summed E-state index contributed by atoms with van der Waals surface area (Å²) >= 11 is 0. The highest BCUT2D eigenvalue weighted by atomic mass is 32.2. The Labute approximate surface area is 207 Å². The lowest BCUT2D eigenvalue weighted by molar-refractivity contribution is -0.124. The minimum Gasteiger partial charge on any atom is -0.379 e. The fourth-order valence-corrected chi connectivity index (χ4v) is 5.86. The van der Waals surface area contributed by atoms with E-state index >= 15 is 0 Å². The second-order valence-corrected chi connectivity index (χ2v) is 10.9. The van der Waals surface area contributed by atoms with Crippen molar-refractivity contribution < 1.29 is 17.9 Å². The van der Waals surface area contributed by atoms with Crippen LogP contribution in [0.2, 0.25) is 0 Å². The maximum absolute atomic E-state index is 12.8. The minimum absolute atomic E-state index is 0.0920. The second-order valence-electron chi connectivity index (χ2n) is 8.97. The van der Waals surface area contributed by atoms with Crippen molar-refractivity contribution >= 4 is 15.9 Å². The van der Waals surface area contributed by atoms with Crippen LogP contribution in [0.4, 0.5) is 0 Å². The van der Waals surface area contributed by atoms with Gasteiger partial charge in [-0.25, -0.2) is 8.42 Å². The van der Waals surface area contributed by atoms with E-state index in [0.29, 0.717) is 39.1 Å². The van der Waals surface area contributed by atoms with E-state index in [-0.39, 0.29) is 16.8 Å². The van der Waals surface area contributed by atoms with E-state index < -0.39 is 16.1 Å². The fraction of sp³-hybridized carbons (Fsp3) is 0.462. The van der Waals surface area contributed by atoms with Gasteiger partial charge in [-0.3, -0.25) is 4.79 Å². The number of piperidine rings is 1. The van der Waals surface area contributed by atoms with Crippen LogP contribution in [0, 0.1) is 11.3 Å². The van der Waals surface area contributed by atoms with Crippen molar-refractivity contribution in [1.82, 2.24) is 14.9 Å². The van der Waals surface area contributed by atoms with Gasteiger partial charge in [-0.1, -0.05) is 42.8 Å². The Morgan fingerprint density at radius 3 is 2.34 bits per heavy atom. The van der Waals surface area contributed by atoms with Crippen LogP contribution < -0.4 is 10.6 Å². The molecule has 0 saturated carbocycles. The monoisotopic (exact) mass is 496 g/mol. The molecule has 0 radical (unpaired) electrons. The maximum Gasteiger partial charge on any atom is 0.243 e. The molecular formula is C26H32N4O4S. The average molecular weight is 497 g/mol. The van der Waals surface area contributed by atoms with E-state index in [4.69, 9.17) is 4.74 Å². The zero-order valence-electron chi connectivity index (χ0n) is 19.8. The van der Waals surface area contributed by atoms with E-state index in [1.807, 2.05) is 36.4 Å². The minimum atomic E-state index is -3.51. The molecule has 2 aromatic carbocycles. The third-order valence-electron chi connectivity index (χ3n) is 6.57. The summed E-state index contributed by atoms with van der Waals surface area (Å²) in [7, 11) is -3.51. The van der Waals surface area contributed by atoms with Crippen molar-refractivity contribution in [2.24, 2.45) is 0 Å². The van der Waals surface area contributed by atoms with Crippen molar-refractivity contribution in [1.29, 1.82) is 5.26 Å². The number of hydrogen-bond acceptors (Lipinski definition) is 6. The lowest BCUT2D eigenvalue weighted by atomic mass is 10.0. The number of nitriles is 1. The fourth-order valence-electron chi connectivity index (χ4n) is 4.45. The standard InChI is InChI=1S/C26H32N4O4S/c27-19-23(29-26(31)25-3-1-2-14-28-25)11-6-20-4-7-21(8-5-20)22-9-12-24(13-10-22)35(32,33)30-15-17-34-18-16-30/h4-5,7-10,12-13,23,25,28H,1-3,6,11,14-18H2,(H,29,31)/t23-,25-/m0/s1. The molecule has 1 amide bonds. The molecule has 0 aromatic heterocycles. The summed E-state index contributed by atoms with van der Waals surface area (Å²) in [6, 6.07) is 16.4. The van der Waals surface area contributed by atoms with E-state index in [2.05, 4.69) is 16.7 Å². The van der Waals surface area contributed by atoms with Crippen LogP contribution in [0.1, 0.15) is 31.2 Å². The Morgan fingerprint density at radius 1 is 1.09 bits per heavy atom. The average Bonchev–Trinajstić information content (AvgIpc) is 2.92. The number of ether oxygens (including phenoxy) is 1. The van der Waals surface area contributed by atoms with Gasteiger partial charge < -0.3 is 15.4 Å². The summed E-state index contributed by atoms with van der Waals surface area (Å²) in [5.74, 6) is -0.0920. The molecule has 0 bridgehead atoms. The molecular weight excluding hydrogens is 464 g/mol. The number of nitrogens with one attached hydrogen (secondary N) is 2. The van der Waals surface area contributed by atoms with Crippen molar-refractivity contribution in [3.8, 4) is 17.2 Å². The molecule has 2 N–H and O–H groups in total. The number of carbonyl (C=O) groups is 1. The van der Waals surface area contributed by atoms with Crippen LogP contribution in [0.3, 0.4) is 0 Å². The number of morpholine rings is 1. The van der Waals surface area contributed by atoms with Crippen LogP contribution in [0.5, 0.6) is 0 Å². The first-order valence-electron chi connectivity index (χ1n) is 12.2. The smallest absolute Gasteiger partial charge is 0.243 e. The molecule has 0 aliphatic carbocycles. The zero-order chi connectivity index (χ0) is 24.7. The molecule has 2 saturated heterocycles. The molecule has 2 heterocycles. The summed E-state index contributed by atoms with van der Waals surface area (Å²) in [5.41, 5.74) is 2.99. The molecule has 2 aliphatic rings. The highest BCUT2D eigenvalue weighted by molar-refractivity contribution is 7.89. The van der Waals surface area contributed by atoms with Gasteiger partial charge in [0.25, 0.3) is 0 Å². The largest absolute Gasteiger partial charge is 0.379 e. The van der Waals surface area contributed by atoms with Gasteiger partial charge in [0, 0.05) is 13.1 Å². The SMILES string of the molecule is N#C[C@H](CCc1ccc(-c2ccc(S(=O)(=O)N3CCOCC3)cc2)cc1)NC(=O)[C@@H]1CCCCN1. The molecule has 0 spiro atoms. The summed E-state index contributed by atoms with van der Waals surface area (Å²) in [5, 5.41) is 15.5. The zero-order valence-corrected chi connectivity index (χ0v) is 20.6. The molecule has 8 nitrogen and oxygen atoms in total. The van der Waals surface area contributed by atoms with Crippen molar-refractivity contribution in [2.75, 3.05) is 32.8 Å². The van der Waals surface area contributed by atoms with Crippen LogP contribution in [0.15, 0.2) is 53.4 Å². The summed E-state index contributed by atoms with van der Waals surface area (Å²) in [4.78, 5) is 12.7. The van der Waals surface area contributed by atoms with Crippen LogP contribution >= 0.6 is 0 Å². The lowest BCUT2D eigenvalue weighted by Crippen LogP contribution is -2.49. The highest BCUT2D eigenvalue weighted by Gasteiger charge is 2.26. The van der Waals surface area contributed by atoms with E-state index in [9.17, 15) is 18.5 Å². The Morgan fingerprint density at radius 2 is 1.74 bits per heavy atom. The van der Waals surface area contributed by atoms with Gasteiger partial charge in [-0.15, -0.1) is 0 Å². The quantitative estimate of drug-likeness (QED) is 0.581. The Hall–Kier alpha value is -2.77. The molecule has 2 atom stereocenters. The summed E-state index contributed by atoms with van der Waals surface area (Å²) in [6.07, 6.45) is 4.14. The first kappa shape index (κ1) is 25.3. The van der Waals surface area contributed by atoms with Crippen molar-refractivity contribution in [2.45, 2.75) is 49.1 Å². The van der Waals surface area contributed by atoms with Gasteiger partial charge >= 0.3 is 0 Å². The predicted octanol–water partition coefficient (Wildman–Crippen LogP) is 2.46. The van der Waals surface area contributed by atoms with Crippen LogP contribution in [-0.2, 0) is 26.0 Å². The van der Waals surface area contributed by atoms with Crippen molar-refractivity contribution in [3.63, 3.8) is 0 Å². The number of aryl methyl sites for hydroxylation is 1. The number of carbonyl (C=O) groups excluding carboxylic acids is 1. The normalized spacial score (nSPS) is 20.0. The third-order valence-corrected chi connectivity index (χ3v) is 8.48. The first-order chi connectivity index (χ1) is 17.0. The first-order valence-corrected chi connectivity index (χ1v) is 13.6. The van der Waals surface area contributed by atoms with Gasteiger partial charge in [0.2, 0.25) is 15.9 Å². The Bertz CT molecular complexity index is 1130. The van der Waals surface area contributed by atoms with Gasteiger partial charge in [-0.05, 0) is 61.1 Å². The number of sulfonamides is 1. The predicted molar refractivity (Wildman–Crippen MR) is 133 cm³/mol. The number of hydrogen-bond donors (Lipinski definition) is 2. The molecule has 35 heavy (non-hydrogen) atoms. The molecule has 4 rings (SSSR count). The molecule has 2 aliphatic heterocycles. The molecule has 2 fully saturated rings. The second kappa shape index (κ2) is 11.8. The van der Waals surface area contributed by atoms with Gasteiger partial charge in [-0.2, -0.15) is 9.57 Å². The van der Waals surface area contributed by atoms with E-state index in [1.54, 1.807) is 12.1 Å². The molecule has 0 unspecified atom stereocenters. The molecule has 9 heteroatoms. The van der Waals surface area contributed by atoms with Crippen LogP contribution in [-0.4, -0.2) is 63.6 Å². The maximum atomic E-state index is 12.8. The van der Waals surface area contributed by atoms with Gasteiger partial charge in [0.05, 0.1) is 30.2 Å². The number of nitrogens with zero attached hydrogens (tertiary/aromatic N) is 2. The summed E-state index contributed by atoms with van der Waals surface area (Å²) < 4.78 is 32.3. The Kier molecular flexibility index (Phi) is 8.52. The summed E-state index contributed by atoms with van der Waals surface area (Å²) in [6.45, 7) is 2.43.